The molecule has 0 aliphatic carbocycles. The molecule has 148 valence electrons. The van der Waals surface area contributed by atoms with Gasteiger partial charge in [-0.2, -0.15) is 13.2 Å². The molecule has 0 spiro atoms. The molecule has 28 heavy (non-hydrogen) atoms. The van der Waals surface area contributed by atoms with E-state index in [1.54, 1.807) is 0 Å². The normalized spacial score (nSPS) is 14.8. The van der Waals surface area contributed by atoms with Crippen molar-refractivity contribution in [2.45, 2.75) is 6.18 Å². The zero-order valence-electron chi connectivity index (χ0n) is 14.8. The highest BCUT2D eigenvalue weighted by atomic mass is 19.4. The number of alkyl halides is 3. The van der Waals surface area contributed by atoms with Gasteiger partial charge in [0.25, 0.3) is 5.91 Å². The van der Waals surface area contributed by atoms with Crippen LogP contribution >= 0.6 is 0 Å². The topological polar surface area (TPSA) is 62.4 Å². The van der Waals surface area contributed by atoms with Gasteiger partial charge in [0.1, 0.15) is 5.82 Å². The molecule has 0 saturated carbocycles. The minimum atomic E-state index is -4.57. The number of anilines is 3. The number of rotatable bonds is 6. The van der Waals surface area contributed by atoms with Gasteiger partial charge in [0.2, 0.25) is 0 Å². The second-order valence-corrected chi connectivity index (χ2v) is 6.02. The molecule has 0 fully saturated rings. The van der Waals surface area contributed by atoms with E-state index in [9.17, 15) is 22.4 Å². The maximum atomic E-state index is 13.5. The van der Waals surface area contributed by atoms with Gasteiger partial charge in [0, 0.05) is 42.5 Å². The SMILES string of the molecule is COCCNc1ccc(N/C=C2/C(=O)Nc3ccc(F)cc32)cc1C(F)(F)F. The van der Waals surface area contributed by atoms with E-state index in [1.807, 2.05) is 0 Å². The molecule has 1 amide bonds. The number of halogens is 4. The van der Waals surface area contributed by atoms with Gasteiger partial charge in [-0.25, -0.2) is 4.39 Å². The summed E-state index contributed by atoms with van der Waals surface area (Å²) in [5.74, 6) is -0.992. The fourth-order valence-electron chi connectivity index (χ4n) is 2.77. The maximum absolute atomic E-state index is 13.5. The molecule has 3 N–H and O–H groups in total. The van der Waals surface area contributed by atoms with E-state index in [4.69, 9.17) is 4.74 Å². The van der Waals surface area contributed by atoms with Crippen molar-refractivity contribution in [3.63, 3.8) is 0 Å². The van der Waals surface area contributed by atoms with Crippen molar-refractivity contribution < 1.29 is 27.1 Å². The van der Waals surface area contributed by atoms with Crippen molar-refractivity contribution >= 4 is 28.5 Å². The number of methoxy groups -OCH3 is 1. The van der Waals surface area contributed by atoms with E-state index in [1.165, 1.54) is 43.6 Å². The van der Waals surface area contributed by atoms with Crippen LogP contribution in [0.4, 0.5) is 34.6 Å². The Labute approximate surface area is 158 Å². The van der Waals surface area contributed by atoms with Crippen LogP contribution in [0.25, 0.3) is 5.57 Å². The molecule has 2 aromatic rings. The van der Waals surface area contributed by atoms with Crippen molar-refractivity contribution in [2.75, 3.05) is 36.2 Å². The second kappa shape index (κ2) is 7.89. The van der Waals surface area contributed by atoms with Crippen molar-refractivity contribution in [2.24, 2.45) is 0 Å². The van der Waals surface area contributed by atoms with Gasteiger partial charge >= 0.3 is 6.18 Å². The van der Waals surface area contributed by atoms with Crippen molar-refractivity contribution in [3.8, 4) is 0 Å². The van der Waals surface area contributed by atoms with Crippen LogP contribution in [0.3, 0.4) is 0 Å². The highest BCUT2D eigenvalue weighted by molar-refractivity contribution is 6.31. The summed E-state index contributed by atoms with van der Waals surface area (Å²) in [4.78, 5) is 12.0. The van der Waals surface area contributed by atoms with Crippen LogP contribution in [-0.4, -0.2) is 26.2 Å². The maximum Gasteiger partial charge on any atom is 0.418 e. The van der Waals surface area contributed by atoms with Gasteiger partial charge in [-0.1, -0.05) is 0 Å². The van der Waals surface area contributed by atoms with Crippen molar-refractivity contribution in [1.82, 2.24) is 0 Å². The molecule has 3 rings (SSSR count). The number of ether oxygens (including phenoxy) is 1. The summed E-state index contributed by atoms with van der Waals surface area (Å²) in [7, 11) is 1.45. The van der Waals surface area contributed by atoms with Gasteiger partial charge in [0.15, 0.2) is 0 Å². The Kier molecular flexibility index (Phi) is 5.55. The van der Waals surface area contributed by atoms with Crippen LogP contribution in [0.5, 0.6) is 0 Å². The number of carbonyl (C=O) groups excluding carboxylic acids is 1. The average Bonchev–Trinajstić information content (AvgIpc) is 2.94. The number of benzene rings is 2. The summed E-state index contributed by atoms with van der Waals surface area (Å²) in [6, 6.07) is 7.49. The molecular formula is C19H17F4N3O2. The van der Waals surface area contributed by atoms with E-state index in [2.05, 4.69) is 16.0 Å². The van der Waals surface area contributed by atoms with Crippen LogP contribution in [0.2, 0.25) is 0 Å². The molecule has 1 aliphatic rings. The summed E-state index contributed by atoms with van der Waals surface area (Å²) in [5.41, 5.74) is 0.114. The smallest absolute Gasteiger partial charge is 0.383 e. The Balaban J connectivity index is 1.86. The van der Waals surface area contributed by atoms with Crippen molar-refractivity contribution in [3.05, 3.63) is 59.5 Å². The van der Waals surface area contributed by atoms with Crippen molar-refractivity contribution in [1.29, 1.82) is 0 Å². The first kappa shape index (κ1) is 19.7. The van der Waals surface area contributed by atoms with Gasteiger partial charge in [-0.05, 0) is 36.4 Å². The summed E-state index contributed by atoms with van der Waals surface area (Å²) >= 11 is 0. The minimum Gasteiger partial charge on any atom is -0.383 e. The highest BCUT2D eigenvalue weighted by Gasteiger charge is 2.34. The molecule has 5 nitrogen and oxygen atoms in total. The fourth-order valence-corrected chi connectivity index (χ4v) is 2.77. The van der Waals surface area contributed by atoms with Crippen LogP contribution in [0, 0.1) is 5.82 Å². The molecule has 0 aromatic heterocycles. The highest BCUT2D eigenvalue weighted by Crippen LogP contribution is 2.37. The Bertz CT molecular complexity index is 926. The fraction of sp³-hybridized carbons (Fsp3) is 0.211. The Morgan fingerprint density at radius 1 is 1.18 bits per heavy atom. The predicted octanol–water partition coefficient (Wildman–Crippen LogP) is 4.31. The number of hydrogen-bond donors (Lipinski definition) is 3. The lowest BCUT2D eigenvalue weighted by molar-refractivity contribution is -0.136. The third kappa shape index (κ3) is 4.25. The van der Waals surface area contributed by atoms with Gasteiger partial charge in [0.05, 0.1) is 17.7 Å². The Morgan fingerprint density at radius 2 is 1.96 bits per heavy atom. The molecule has 0 atom stereocenters. The molecule has 0 unspecified atom stereocenters. The summed E-state index contributed by atoms with van der Waals surface area (Å²) in [5, 5.41) is 7.93. The zero-order valence-corrected chi connectivity index (χ0v) is 14.8. The summed E-state index contributed by atoms with van der Waals surface area (Å²) in [6.07, 6.45) is -3.31. The molecule has 0 bridgehead atoms. The minimum absolute atomic E-state index is 0.0752. The first-order chi connectivity index (χ1) is 13.3. The van der Waals surface area contributed by atoms with Crippen LogP contribution in [0.1, 0.15) is 11.1 Å². The van der Waals surface area contributed by atoms with Gasteiger partial charge in [-0.15, -0.1) is 0 Å². The van der Waals surface area contributed by atoms with E-state index >= 15 is 0 Å². The number of fused-ring (bicyclic) bond motifs is 1. The Hall–Kier alpha value is -3.07. The van der Waals surface area contributed by atoms with Crippen LogP contribution < -0.4 is 16.0 Å². The van der Waals surface area contributed by atoms with E-state index in [0.717, 1.165) is 6.07 Å². The predicted molar refractivity (Wildman–Crippen MR) is 98.4 cm³/mol. The van der Waals surface area contributed by atoms with Crippen LogP contribution in [-0.2, 0) is 15.7 Å². The number of nitrogens with one attached hydrogen (secondary N) is 3. The number of amides is 1. The standard InChI is InChI=1S/C19H17F4N3O2/c1-28-7-6-24-17-5-3-12(9-15(17)19(21,22)23)25-10-14-13-8-11(20)2-4-16(13)26-18(14)27/h2-5,8-10,24-25H,6-7H2,1H3,(H,26,27)/b14-10+. The first-order valence-electron chi connectivity index (χ1n) is 8.31. The van der Waals surface area contributed by atoms with E-state index in [0.29, 0.717) is 11.3 Å². The lowest BCUT2D eigenvalue weighted by Gasteiger charge is -2.16. The lowest BCUT2D eigenvalue weighted by Crippen LogP contribution is -2.14. The van der Waals surface area contributed by atoms with Crippen LogP contribution in [0.15, 0.2) is 42.6 Å². The number of hydrogen-bond acceptors (Lipinski definition) is 4. The monoisotopic (exact) mass is 395 g/mol. The van der Waals surface area contributed by atoms with Gasteiger partial charge < -0.3 is 20.7 Å². The summed E-state index contributed by atoms with van der Waals surface area (Å²) in [6.45, 7) is 0.480. The number of carbonyl (C=O) groups is 1. The largest absolute Gasteiger partial charge is 0.418 e. The molecule has 9 heteroatoms. The van der Waals surface area contributed by atoms with E-state index in [-0.39, 0.29) is 30.1 Å². The second-order valence-electron chi connectivity index (χ2n) is 6.02. The molecule has 0 radical (unpaired) electrons. The molecule has 2 aromatic carbocycles. The molecular weight excluding hydrogens is 378 g/mol. The third-order valence-corrected chi connectivity index (χ3v) is 4.09. The quantitative estimate of drug-likeness (QED) is 0.388. The molecule has 1 heterocycles. The molecule has 1 aliphatic heterocycles. The first-order valence-corrected chi connectivity index (χ1v) is 8.31. The third-order valence-electron chi connectivity index (χ3n) is 4.09. The average molecular weight is 395 g/mol. The molecule has 0 saturated heterocycles. The van der Waals surface area contributed by atoms with E-state index < -0.39 is 23.5 Å². The Morgan fingerprint density at radius 3 is 2.68 bits per heavy atom. The zero-order chi connectivity index (χ0) is 20.3. The summed E-state index contributed by atoms with van der Waals surface area (Å²) < 4.78 is 58.4. The van der Waals surface area contributed by atoms with Gasteiger partial charge in [-0.3, -0.25) is 4.79 Å². The lowest BCUT2D eigenvalue weighted by atomic mass is 10.1.